The summed E-state index contributed by atoms with van der Waals surface area (Å²) < 4.78 is 18.0. The normalized spacial score (nSPS) is 11.9. The zero-order valence-electron chi connectivity index (χ0n) is 9.14. The summed E-state index contributed by atoms with van der Waals surface area (Å²) in [4.78, 5) is 21.5. The molecule has 1 unspecified atom stereocenters. The minimum Gasteiger partial charge on any atom is -0.481 e. The fourth-order valence-electron chi connectivity index (χ4n) is 1.37. The van der Waals surface area contributed by atoms with Gasteiger partial charge in [-0.1, -0.05) is 6.07 Å². The molecule has 0 aliphatic rings. The van der Waals surface area contributed by atoms with E-state index in [0.29, 0.717) is 0 Å². The van der Waals surface area contributed by atoms with Gasteiger partial charge in [-0.15, -0.1) is 0 Å². The van der Waals surface area contributed by atoms with Gasteiger partial charge in [-0.2, -0.15) is 0 Å². The molecule has 0 heterocycles. The van der Waals surface area contributed by atoms with Gasteiger partial charge < -0.3 is 15.6 Å². The zero-order valence-corrected chi connectivity index (χ0v) is 9.14. The smallest absolute Gasteiger partial charge is 0.337 e. The van der Waals surface area contributed by atoms with Crippen LogP contribution in [0, 0.1) is 5.82 Å². The van der Waals surface area contributed by atoms with Crippen molar-refractivity contribution in [2.24, 2.45) is 5.73 Å². The van der Waals surface area contributed by atoms with Gasteiger partial charge in [0.05, 0.1) is 19.1 Å². The maximum Gasteiger partial charge on any atom is 0.337 e. The Kier molecular flexibility index (Phi) is 4.17. The predicted molar refractivity (Wildman–Crippen MR) is 56.9 cm³/mol. The van der Waals surface area contributed by atoms with Crippen molar-refractivity contribution in [2.45, 2.75) is 12.5 Å². The first-order valence-corrected chi connectivity index (χ1v) is 4.81. The Bertz CT molecular complexity index is 447. The number of aliphatic carboxylic acids is 1. The topological polar surface area (TPSA) is 89.6 Å². The number of carboxylic acid groups (broad SMARTS) is 1. The van der Waals surface area contributed by atoms with Crippen LogP contribution in [0.4, 0.5) is 4.39 Å². The van der Waals surface area contributed by atoms with E-state index < -0.39 is 23.8 Å². The molecule has 0 aliphatic heterocycles. The minimum atomic E-state index is -1.12. The number of rotatable bonds is 4. The largest absolute Gasteiger partial charge is 0.481 e. The Morgan fingerprint density at radius 1 is 1.53 bits per heavy atom. The molecule has 5 nitrogen and oxygen atoms in total. The van der Waals surface area contributed by atoms with Crippen molar-refractivity contribution >= 4 is 11.9 Å². The third kappa shape index (κ3) is 3.25. The Morgan fingerprint density at radius 3 is 2.65 bits per heavy atom. The lowest BCUT2D eigenvalue weighted by atomic mass is 10.0. The molecule has 0 aromatic heterocycles. The molecule has 1 rings (SSSR count). The van der Waals surface area contributed by atoms with Crippen LogP contribution in [0.2, 0.25) is 0 Å². The van der Waals surface area contributed by atoms with Crippen LogP contribution in [0.25, 0.3) is 0 Å². The van der Waals surface area contributed by atoms with E-state index >= 15 is 0 Å². The summed E-state index contributed by atoms with van der Waals surface area (Å²) in [6, 6.07) is 2.66. The molecule has 17 heavy (non-hydrogen) atoms. The lowest BCUT2D eigenvalue weighted by Crippen LogP contribution is -2.17. The zero-order chi connectivity index (χ0) is 13.0. The standard InChI is InChI=1S/C11H12FNO4/c1-17-11(16)6-2-3-7(8(12)4-6)9(13)5-10(14)15/h2-4,9H,5,13H2,1H3,(H,14,15). The third-order valence-electron chi connectivity index (χ3n) is 2.22. The summed E-state index contributed by atoms with van der Waals surface area (Å²) >= 11 is 0. The van der Waals surface area contributed by atoms with Crippen molar-refractivity contribution in [3.8, 4) is 0 Å². The molecular formula is C11H12FNO4. The number of hydrogen-bond acceptors (Lipinski definition) is 4. The molecule has 1 aromatic carbocycles. The molecule has 6 heteroatoms. The van der Waals surface area contributed by atoms with Crippen LogP contribution in [-0.4, -0.2) is 24.2 Å². The van der Waals surface area contributed by atoms with Crippen molar-refractivity contribution in [3.05, 3.63) is 35.1 Å². The van der Waals surface area contributed by atoms with Crippen LogP contribution in [0.15, 0.2) is 18.2 Å². The SMILES string of the molecule is COC(=O)c1ccc(C(N)CC(=O)O)c(F)c1. The van der Waals surface area contributed by atoms with Gasteiger partial charge in [0, 0.05) is 11.6 Å². The van der Waals surface area contributed by atoms with Gasteiger partial charge in [-0.25, -0.2) is 9.18 Å². The van der Waals surface area contributed by atoms with Gasteiger partial charge in [0.2, 0.25) is 0 Å². The van der Waals surface area contributed by atoms with Crippen LogP contribution in [0.1, 0.15) is 28.4 Å². The summed E-state index contributed by atoms with van der Waals surface area (Å²) in [5.74, 6) is -2.50. The predicted octanol–water partition coefficient (Wildman–Crippen LogP) is 1.09. The average molecular weight is 241 g/mol. The van der Waals surface area contributed by atoms with E-state index in [1.807, 2.05) is 0 Å². The quantitative estimate of drug-likeness (QED) is 0.770. The van der Waals surface area contributed by atoms with E-state index in [4.69, 9.17) is 10.8 Å². The van der Waals surface area contributed by atoms with E-state index in [2.05, 4.69) is 4.74 Å². The Morgan fingerprint density at radius 2 is 2.18 bits per heavy atom. The molecule has 0 saturated carbocycles. The first kappa shape index (κ1) is 13.1. The summed E-state index contributed by atoms with van der Waals surface area (Å²) in [5, 5.41) is 8.54. The minimum absolute atomic E-state index is 0.0521. The first-order valence-electron chi connectivity index (χ1n) is 4.81. The van der Waals surface area contributed by atoms with Crippen molar-refractivity contribution in [1.82, 2.24) is 0 Å². The number of carbonyl (C=O) groups is 2. The Labute approximate surface area is 97.0 Å². The number of esters is 1. The Hall–Kier alpha value is -1.95. The number of ether oxygens (including phenoxy) is 1. The second-order valence-corrected chi connectivity index (χ2v) is 3.43. The molecule has 0 saturated heterocycles. The maximum absolute atomic E-state index is 13.6. The molecule has 0 fully saturated rings. The highest BCUT2D eigenvalue weighted by molar-refractivity contribution is 5.89. The highest BCUT2D eigenvalue weighted by atomic mass is 19.1. The number of carboxylic acids is 1. The molecule has 0 radical (unpaired) electrons. The van der Waals surface area contributed by atoms with Crippen LogP contribution >= 0.6 is 0 Å². The summed E-state index contributed by atoms with van der Waals surface area (Å²) in [7, 11) is 1.18. The van der Waals surface area contributed by atoms with Gasteiger partial charge in [-0.05, 0) is 12.1 Å². The monoisotopic (exact) mass is 241 g/mol. The molecular weight excluding hydrogens is 229 g/mol. The molecule has 0 amide bonds. The molecule has 0 bridgehead atoms. The Balaban J connectivity index is 2.97. The summed E-state index contributed by atoms with van der Waals surface area (Å²) in [6.07, 6.45) is -0.380. The van der Waals surface area contributed by atoms with Crippen molar-refractivity contribution in [3.63, 3.8) is 0 Å². The highest BCUT2D eigenvalue weighted by Gasteiger charge is 2.16. The number of nitrogens with two attached hydrogens (primary N) is 1. The van der Waals surface area contributed by atoms with Gasteiger partial charge in [-0.3, -0.25) is 4.79 Å². The summed E-state index contributed by atoms with van der Waals surface area (Å²) in [5.41, 5.74) is 5.63. The van der Waals surface area contributed by atoms with Crippen molar-refractivity contribution in [1.29, 1.82) is 0 Å². The van der Waals surface area contributed by atoms with E-state index in [0.717, 1.165) is 6.07 Å². The fraction of sp³-hybridized carbons (Fsp3) is 0.273. The lowest BCUT2D eigenvalue weighted by molar-refractivity contribution is -0.137. The number of hydrogen-bond donors (Lipinski definition) is 2. The van der Waals surface area contributed by atoms with E-state index in [-0.39, 0.29) is 17.5 Å². The van der Waals surface area contributed by atoms with Crippen LogP contribution < -0.4 is 5.73 Å². The molecule has 0 spiro atoms. The number of benzene rings is 1. The molecule has 3 N–H and O–H groups in total. The first-order chi connectivity index (χ1) is 7.95. The third-order valence-corrected chi connectivity index (χ3v) is 2.22. The van der Waals surface area contributed by atoms with E-state index in [1.165, 1.54) is 19.2 Å². The van der Waals surface area contributed by atoms with Crippen LogP contribution in [0.5, 0.6) is 0 Å². The van der Waals surface area contributed by atoms with Gasteiger partial charge >= 0.3 is 11.9 Å². The van der Waals surface area contributed by atoms with Crippen LogP contribution in [0.3, 0.4) is 0 Å². The van der Waals surface area contributed by atoms with Gasteiger partial charge in [0.1, 0.15) is 5.82 Å². The second-order valence-electron chi connectivity index (χ2n) is 3.43. The average Bonchev–Trinajstić information content (AvgIpc) is 2.26. The van der Waals surface area contributed by atoms with Gasteiger partial charge in [0.15, 0.2) is 0 Å². The fourth-order valence-corrected chi connectivity index (χ4v) is 1.37. The highest BCUT2D eigenvalue weighted by Crippen LogP contribution is 2.19. The van der Waals surface area contributed by atoms with E-state index in [1.54, 1.807) is 0 Å². The van der Waals surface area contributed by atoms with Crippen molar-refractivity contribution in [2.75, 3.05) is 7.11 Å². The number of halogens is 1. The van der Waals surface area contributed by atoms with Crippen molar-refractivity contribution < 1.29 is 23.8 Å². The number of methoxy groups -OCH3 is 1. The van der Waals surface area contributed by atoms with Gasteiger partial charge in [0.25, 0.3) is 0 Å². The molecule has 1 atom stereocenters. The molecule has 92 valence electrons. The number of carbonyl (C=O) groups excluding carboxylic acids is 1. The maximum atomic E-state index is 13.6. The lowest BCUT2D eigenvalue weighted by Gasteiger charge is -2.11. The summed E-state index contributed by atoms with van der Waals surface area (Å²) in [6.45, 7) is 0. The molecule has 1 aromatic rings. The van der Waals surface area contributed by atoms with Crippen LogP contribution in [-0.2, 0) is 9.53 Å². The molecule has 0 aliphatic carbocycles. The van der Waals surface area contributed by atoms with E-state index in [9.17, 15) is 14.0 Å². The second kappa shape index (κ2) is 5.40.